The monoisotopic (exact) mass is 878 g/mol. The molecule has 2 aliphatic heterocycles. The minimum atomic E-state index is -0.945. The topological polar surface area (TPSA) is 184 Å². The molecule has 7 aromatic rings. The zero-order valence-electron chi connectivity index (χ0n) is 37.4. The maximum Gasteiger partial charge on any atom is 0.407 e. The predicted molar refractivity (Wildman–Crippen MR) is 248 cm³/mol. The Kier molecular flexibility index (Phi) is 11.9. The molecular weight excluding hydrogens is 825 g/mol. The van der Waals surface area contributed by atoms with Crippen LogP contribution in [0.3, 0.4) is 0 Å². The van der Waals surface area contributed by atoms with Crippen LogP contribution in [0.5, 0.6) is 0 Å². The van der Waals surface area contributed by atoms with E-state index in [0.29, 0.717) is 31.0 Å². The second kappa shape index (κ2) is 17.9. The van der Waals surface area contributed by atoms with Crippen LogP contribution in [0.1, 0.15) is 75.4 Å². The second-order valence-electron chi connectivity index (χ2n) is 17.6. The summed E-state index contributed by atoms with van der Waals surface area (Å²) in [6, 6.07) is 27.9. The van der Waals surface area contributed by atoms with Gasteiger partial charge in [-0.1, -0.05) is 80.6 Å². The van der Waals surface area contributed by atoms with Gasteiger partial charge in [0, 0.05) is 36.4 Å². The Labute approximate surface area is 376 Å². The van der Waals surface area contributed by atoms with Crippen LogP contribution in [-0.4, -0.2) is 100 Å². The highest BCUT2D eigenvalue weighted by Crippen LogP contribution is 2.40. The Bertz CT molecular complexity index is 2930. The molecule has 9 rings (SSSR count). The van der Waals surface area contributed by atoms with Crippen molar-refractivity contribution in [1.29, 1.82) is 0 Å². The van der Waals surface area contributed by atoms with Gasteiger partial charge in [0.25, 0.3) is 5.91 Å². The molecule has 0 saturated carbocycles. The number of fused-ring (bicyclic) bond motifs is 6. The molecule has 4 N–H and O–H groups in total. The standard InChI is InChI=1S/C50H54N8O7/c1-27(2)41(55-49(61)64-5)48(60)58-28(3)12-21-39(58)45-51-37-19-15-33-23-31(13-17-35(33)43(37)53-45)32-14-18-36-34(24-32)16-20-38-44(36)54-46(52-38)40-22-29(26-63-4)25-57(40)47(59)42(56-50(62)65-6)30-10-8-7-9-11-30/h7-11,13-20,23-24,27-29,39-42H,12,21-22,25-26H2,1-6H3,(H,51,53)(H,52,54)(H,55,61)(H,56,62)/t28-,29-,39-,40-,41-,42+/m0/s1. The molecule has 15 nitrogen and oxygen atoms in total. The first-order chi connectivity index (χ1) is 31.5. The first-order valence-corrected chi connectivity index (χ1v) is 22.2. The van der Waals surface area contributed by atoms with E-state index in [9.17, 15) is 19.2 Å². The normalized spacial score (nSPS) is 19.6. The largest absolute Gasteiger partial charge is 0.453 e. The number of nitrogens with one attached hydrogen (secondary N) is 4. The average molecular weight is 879 g/mol. The van der Waals surface area contributed by atoms with Gasteiger partial charge in [-0.3, -0.25) is 9.59 Å². The Morgan fingerprint density at radius 1 is 0.723 bits per heavy atom. The zero-order chi connectivity index (χ0) is 45.5. The summed E-state index contributed by atoms with van der Waals surface area (Å²) < 4.78 is 15.3. The fourth-order valence-electron chi connectivity index (χ4n) is 9.86. The number of hydrogen-bond donors (Lipinski definition) is 4. The van der Waals surface area contributed by atoms with Crippen molar-refractivity contribution in [2.24, 2.45) is 11.8 Å². The summed E-state index contributed by atoms with van der Waals surface area (Å²) in [5.41, 5.74) is 6.15. The van der Waals surface area contributed by atoms with Crippen LogP contribution in [0.4, 0.5) is 9.59 Å². The first kappa shape index (κ1) is 43.3. The Morgan fingerprint density at radius 3 is 1.88 bits per heavy atom. The maximum absolute atomic E-state index is 14.4. The Hall–Kier alpha value is -7.00. The number of imidazole rings is 2. The maximum atomic E-state index is 14.4. The van der Waals surface area contributed by atoms with E-state index in [2.05, 4.69) is 69.1 Å². The minimum absolute atomic E-state index is 0.0209. The number of H-pyrrole nitrogens is 2. The molecule has 0 spiro atoms. The SMILES string of the molecule is COC[C@H]1C[C@@H](c2nc3c(ccc4cc(-c5ccc6c(ccc7[nH]c([C@@H]8CC[C@H](C)N8C(=O)[C@@H](NC(=O)OC)C(C)C)nc76)c5)ccc43)[nH]2)N(C(=O)[C@H](NC(=O)OC)c2ccccc2)C1. The molecule has 0 radical (unpaired) electrons. The molecule has 4 heterocycles. The third-order valence-electron chi connectivity index (χ3n) is 13.2. The van der Waals surface area contributed by atoms with Crippen molar-refractivity contribution < 1.29 is 33.4 Å². The summed E-state index contributed by atoms with van der Waals surface area (Å²) in [6.07, 6.45) is 0.895. The number of hydrogen-bond acceptors (Lipinski definition) is 9. The number of alkyl carbamates (subject to hydrolysis) is 2. The molecule has 0 aliphatic carbocycles. The fraction of sp³-hybridized carbons (Fsp3) is 0.360. The number of aromatic amines is 2. The minimum Gasteiger partial charge on any atom is -0.453 e. The van der Waals surface area contributed by atoms with E-state index >= 15 is 0 Å². The molecule has 4 amide bonds. The second-order valence-corrected chi connectivity index (χ2v) is 17.6. The number of aromatic nitrogens is 4. The molecule has 0 bridgehead atoms. The van der Waals surface area contributed by atoms with Crippen molar-refractivity contribution in [2.75, 3.05) is 34.5 Å². The van der Waals surface area contributed by atoms with E-state index in [1.165, 1.54) is 14.2 Å². The fourth-order valence-corrected chi connectivity index (χ4v) is 9.86. The third-order valence-corrected chi connectivity index (χ3v) is 13.2. The van der Waals surface area contributed by atoms with Crippen molar-refractivity contribution in [3.8, 4) is 11.1 Å². The van der Waals surface area contributed by atoms with Gasteiger partial charge in [0.15, 0.2) is 0 Å². The number of benzene rings is 5. The number of ether oxygens (including phenoxy) is 3. The third kappa shape index (κ3) is 8.20. The average Bonchev–Trinajstić information content (AvgIpc) is 4.14. The van der Waals surface area contributed by atoms with Gasteiger partial charge in [0.2, 0.25) is 5.91 Å². The lowest BCUT2D eigenvalue weighted by Gasteiger charge is -2.32. The molecule has 2 aromatic heterocycles. The molecule has 65 heavy (non-hydrogen) atoms. The van der Waals surface area contributed by atoms with Gasteiger partial charge in [-0.05, 0) is 83.8 Å². The number of amides is 4. The van der Waals surface area contributed by atoms with Gasteiger partial charge in [-0.25, -0.2) is 19.6 Å². The lowest BCUT2D eigenvalue weighted by atomic mass is 9.98. The van der Waals surface area contributed by atoms with Crippen molar-refractivity contribution >= 4 is 67.6 Å². The van der Waals surface area contributed by atoms with E-state index in [1.807, 2.05) is 68.1 Å². The molecule has 2 aliphatic rings. The number of nitrogens with zero attached hydrogens (tertiary/aromatic N) is 4. The van der Waals surface area contributed by atoms with Crippen LogP contribution < -0.4 is 10.6 Å². The molecule has 336 valence electrons. The van der Waals surface area contributed by atoms with Crippen LogP contribution in [-0.2, 0) is 23.8 Å². The van der Waals surface area contributed by atoms with Gasteiger partial charge in [-0.15, -0.1) is 0 Å². The van der Waals surface area contributed by atoms with Gasteiger partial charge < -0.3 is 44.6 Å². The lowest BCUT2D eigenvalue weighted by molar-refractivity contribution is -0.137. The zero-order valence-corrected chi connectivity index (χ0v) is 37.4. The summed E-state index contributed by atoms with van der Waals surface area (Å²) in [5, 5.41) is 9.53. The van der Waals surface area contributed by atoms with E-state index in [-0.39, 0.29) is 41.8 Å². The highest BCUT2D eigenvalue weighted by molar-refractivity contribution is 6.07. The molecule has 0 unspecified atom stereocenters. The van der Waals surface area contributed by atoms with Crippen LogP contribution in [0.15, 0.2) is 91.0 Å². The molecule has 2 fully saturated rings. The molecule has 2 saturated heterocycles. The molecular formula is C50H54N8O7. The summed E-state index contributed by atoms with van der Waals surface area (Å²) in [4.78, 5) is 74.0. The Morgan fingerprint density at radius 2 is 1.31 bits per heavy atom. The first-order valence-electron chi connectivity index (χ1n) is 22.2. The lowest BCUT2D eigenvalue weighted by Crippen LogP contribution is -2.52. The van der Waals surface area contributed by atoms with E-state index in [4.69, 9.17) is 24.2 Å². The summed E-state index contributed by atoms with van der Waals surface area (Å²) in [7, 11) is 4.24. The number of carbonyl (C=O) groups is 4. The van der Waals surface area contributed by atoms with Crippen molar-refractivity contribution in [3.05, 3.63) is 108 Å². The van der Waals surface area contributed by atoms with Gasteiger partial charge in [0.05, 0.1) is 55.0 Å². The quantitative estimate of drug-likeness (QED) is 0.0990. The van der Waals surface area contributed by atoms with Gasteiger partial charge in [-0.2, -0.15) is 0 Å². The number of carbonyl (C=O) groups excluding carboxylic acids is 4. The highest BCUT2D eigenvalue weighted by atomic mass is 16.5. The van der Waals surface area contributed by atoms with Crippen LogP contribution in [0, 0.1) is 11.8 Å². The van der Waals surface area contributed by atoms with Crippen molar-refractivity contribution in [1.82, 2.24) is 40.4 Å². The number of likely N-dealkylation sites (tertiary alicyclic amines) is 2. The molecule has 15 heteroatoms. The van der Waals surface area contributed by atoms with Crippen molar-refractivity contribution in [2.45, 2.75) is 70.2 Å². The Balaban J connectivity index is 0.993. The summed E-state index contributed by atoms with van der Waals surface area (Å²) in [5.74, 6) is 0.941. The van der Waals surface area contributed by atoms with Crippen LogP contribution in [0.25, 0.3) is 54.7 Å². The predicted octanol–water partition coefficient (Wildman–Crippen LogP) is 8.48. The summed E-state index contributed by atoms with van der Waals surface area (Å²) >= 11 is 0. The van der Waals surface area contributed by atoms with E-state index in [1.54, 1.807) is 12.0 Å². The van der Waals surface area contributed by atoms with Gasteiger partial charge in [0.1, 0.15) is 23.7 Å². The van der Waals surface area contributed by atoms with E-state index < -0.39 is 24.3 Å². The highest BCUT2D eigenvalue weighted by Gasteiger charge is 2.43. The summed E-state index contributed by atoms with van der Waals surface area (Å²) in [6.45, 7) is 6.78. The van der Waals surface area contributed by atoms with Gasteiger partial charge >= 0.3 is 12.2 Å². The number of methoxy groups -OCH3 is 3. The van der Waals surface area contributed by atoms with E-state index in [0.717, 1.165) is 73.4 Å². The van der Waals surface area contributed by atoms with Crippen molar-refractivity contribution in [3.63, 3.8) is 0 Å². The van der Waals surface area contributed by atoms with Crippen LogP contribution >= 0.6 is 0 Å². The molecule has 6 atom stereocenters. The smallest absolute Gasteiger partial charge is 0.407 e. The van der Waals surface area contributed by atoms with Crippen LogP contribution in [0.2, 0.25) is 0 Å². The number of rotatable bonds is 11. The molecule has 5 aromatic carbocycles.